The molecule has 0 bridgehead atoms. The Morgan fingerprint density at radius 2 is 2.33 bits per heavy atom. The topological polar surface area (TPSA) is 101 Å². The maximum atomic E-state index is 5.64. The van der Waals surface area contributed by atoms with Gasteiger partial charge >= 0.3 is 0 Å². The minimum atomic E-state index is -0.135. The predicted octanol–water partition coefficient (Wildman–Crippen LogP) is -1.97. The Kier molecular flexibility index (Phi) is 1.39. The number of guanidine groups is 1. The number of nitrogens with two attached hydrogens (primary N) is 2. The smallest absolute Gasteiger partial charge is 0.197 e. The maximum absolute atomic E-state index is 5.64. The summed E-state index contributed by atoms with van der Waals surface area (Å²) in [6.07, 6.45) is 1.50. The molecule has 1 atom stereocenters. The lowest BCUT2D eigenvalue weighted by atomic mass is 10.1. The molecule has 12 heavy (non-hydrogen) atoms. The van der Waals surface area contributed by atoms with Crippen LogP contribution in [0.5, 0.6) is 0 Å². The van der Waals surface area contributed by atoms with Crippen molar-refractivity contribution in [1.29, 1.82) is 0 Å². The van der Waals surface area contributed by atoms with Gasteiger partial charge in [0.2, 0.25) is 0 Å². The molecular weight excluding hydrogens is 156 g/mol. The molecule has 6 N–H and O–H groups in total. The third kappa shape index (κ3) is 0.969. The van der Waals surface area contributed by atoms with E-state index in [4.69, 9.17) is 11.5 Å². The van der Waals surface area contributed by atoms with Crippen LogP contribution in [-0.4, -0.2) is 25.0 Å². The Hall–Kier alpha value is -1.72. The second-order valence-corrected chi connectivity index (χ2v) is 2.61. The average Bonchev–Trinajstić information content (AvgIpc) is 2.04. The first kappa shape index (κ1) is 6.96. The van der Waals surface area contributed by atoms with Crippen LogP contribution < -0.4 is 22.1 Å². The van der Waals surface area contributed by atoms with E-state index in [2.05, 4.69) is 20.6 Å². The minimum absolute atomic E-state index is 0.135. The first-order valence-corrected chi connectivity index (χ1v) is 3.61. The predicted molar refractivity (Wildman–Crippen MR) is 46.3 cm³/mol. The van der Waals surface area contributed by atoms with Crippen molar-refractivity contribution in [2.24, 2.45) is 21.5 Å². The van der Waals surface area contributed by atoms with E-state index in [9.17, 15) is 0 Å². The van der Waals surface area contributed by atoms with Crippen LogP contribution in [-0.2, 0) is 0 Å². The van der Waals surface area contributed by atoms with Gasteiger partial charge in [-0.05, 0) is 0 Å². The Balaban J connectivity index is 2.37. The van der Waals surface area contributed by atoms with E-state index in [1.807, 2.05) is 0 Å². The van der Waals surface area contributed by atoms with Gasteiger partial charge in [0, 0.05) is 12.1 Å². The van der Waals surface area contributed by atoms with Crippen molar-refractivity contribution in [3.63, 3.8) is 0 Å². The van der Waals surface area contributed by atoms with Crippen LogP contribution in [0.4, 0.5) is 0 Å². The van der Waals surface area contributed by atoms with Gasteiger partial charge in [-0.1, -0.05) is 0 Å². The summed E-state index contributed by atoms with van der Waals surface area (Å²) in [5.74, 6) is 0.779. The molecule has 2 aliphatic heterocycles. The molecule has 0 aromatic heterocycles. The van der Waals surface area contributed by atoms with Gasteiger partial charge in [0.1, 0.15) is 12.0 Å². The fourth-order valence-corrected chi connectivity index (χ4v) is 1.20. The molecule has 2 aliphatic rings. The molecule has 2 rings (SSSR count). The molecular formula is C6H10N6. The van der Waals surface area contributed by atoms with E-state index in [0.717, 1.165) is 5.57 Å². The van der Waals surface area contributed by atoms with Crippen LogP contribution >= 0.6 is 0 Å². The third-order valence-electron chi connectivity index (χ3n) is 1.79. The highest BCUT2D eigenvalue weighted by Gasteiger charge is 2.22. The van der Waals surface area contributed by atoms with Crippen LogP contribution in [0.15, 0.2) is 21.4 Å². The molecule has 0 aromatic rings. The van der Waals surface area contributed by atoms with Gasteiger partial charge in [0.05, 0.1) is 6.34 Å². The molecule has 0 amide bonds. The van der Waals surface area contributed by atoms with Crippen molar-refractivity contribution in [2.75, 3.05) is 6.54 Å². The molecule has 6 heteroatoms. The van der Waals surface area contributed by atoms with Gasteiger partial charge in [-0.25, -0.2) is 4.99 Å². The zero-order valence-corrected chi connectivity index (χ0v) is 6.41. The van der Waals surface area contributed by atoms with Crippen molar-refractivity contribution < 1.29 is 0 Å². The van der Waals surface area contributed by atoms with Gasteiger partial charge in [-0.15, -0.1) is 0 Å². The number of hydrogen-bond donors (Lipinski definition) is 4. The molecule has 0 radical (unpaired) electrons. The average molecular weight is 166 g/mol. The highest BCUT2D eigenvalue weighted by atomic mass is 15.2. The standard InChI is InChI=1S/C6H10N6/c7-4-3-1-9-2-10-5(3)12-6(8)11-4/h2,5H,1,7H2,(H,9,10)(H3,8,11,12). The summed E-state index contributed by atoms with van der Waals surface area (Å²) in [7, 11) is 0. The molecule has 1 unspecified atom stereocenters. The van der Waals surface area contributed by atoms with Crippen LogP contribution in [0.25, 0.3) is 0 Å². The Morgan fingerprint density at radius 3 is 3.17 bits per heavy atom. The van der Waals surface area contributed by atoms with Crippen LogP contribution in [0.1, 0.15) is 0 Å². The lowest BCUT2D eigenvalue weighted by Gasteiger charge is -2.26. The fourth-order valence-electron chi connectivity index (χ4n) is 1.20. The van der Waals surface area contributed by atoms with Gasteiger partial charge in [-0.3, -0.25) is 0 Å². The summed E-state index contributed by atoms with van der Waals surface area (Å²) < 4.78 is 0. The van der Waals surface area contributed by atoms with E-state index in [-0.39, 0.29) is 6.17 Å². The van der Waals surface area contributed by atoms with E-state index < -0.39 is 0 Å². The summed E-state index contributed by atoms with van der Waals surface area (Å²) in [5.41, 5.74) is 12.0. The third-order valence-corrected chi connectivity index (χ3v) is 1.79. The van der Waals surface area contributed by atoms with Gasteiger partial charge in [0.15, 0.2) is 5.96 Å². The molecule has 0 spiro atoms. The summed E-state index contributed by atoms with van der Waals surface area (Å²) in [6.45, 7) is 0.670. The van der Waals surface area contributed by atoms with Crippen molar-refractivity contribution >= 4 is 12.3 Å². The molecule has 0 saturated carbocycles. The van der Waals surface area contributed by atoms with E-state index in [1.54, 1.807) is 6.34 Å². The lowest BCUT2D eigenvalue weighted by Crippen LogP contribution is -2.48. The quantitative estimate of drug-likeness (QED) is 0.335. The van der Waals surface area contributed by atoms with Gasteiger partial charge < -0.3 is 22.1 Å². The number of hydrogen-bond acceptors (Lipinski definition) is 6. The Labute approximate surface area is 69.4 Å². The zero-order valence-electron chi connectivity index (χ0n) is 6.41. The first-order valence-electron chi connectivity index (χ1n) is 3.61. The molecule has 0 aliphatic carbocycles. The van der Waals surface area contributed by atoms with Crippen molar-refractivity contribution in [3.8, 4) is 0 Å². The van der Waals surface area contributed by atoms with Crippen molar-refractivity contribution in [2.45, 2.75) is 6.17 Å². The van der Waals surface area contributed by atoms with Crippen molar-refractivity contribution in [3.05, 3.63) is 11.4 Å². The number of nitrogens with one attached hydrogen (secondary N) is 2. The van der Waals surface area contributed by atoms with Crippen LogP contribution in [0.2, 0.25) is 0 Å². The van der Waals surface area contributed by atoms with Gasteiger partial charge in [-0.2, -0.15) is 4.99 Å². The van der Waals surface area contributed by atoms with E-state index in [1.165, 1.54) is 0 Å². The fraction of sp³-hybridized carbons (Fsp3) is 0.333. The van der Waals surface area contributed by atoms with Crippen LogP contribution in [0, 0.1) is 0 Å². The number of nitrogens with zero attached hydrogens (tertiary/aromatic N) is 2. The molecule has 0 fully saturated rings. The summed E-state index contributed by atoms with van der Waals surface area (Å²) in [5, 5.41) is 5.85. The largest absolute Gasteiger partial charge is 0.383 e. The molecule has 2 heterocycles. The minimum Gasteiger partial charge on any atom is -0.383 e. The monoisotopic (exact) mass is 166 g/mol. The highest BCUT2D eigenvalue weighted by molar-refractivity contribution is 5.81. The second-order valence-electron chi connectivity index (χ2n) is 2.61. The number of aliphatic imine (C=N–C) groups is 2. The Morgan fingerprint density at radius 1 is 1.50 bits per heavy atom. The zero-order chi connectivity index (χ0) is 8.55. The van der Waals surface area contributed by atoms with E-state index >= 15 is 0 Å². The number of fused-ring (bicyclic) bond motifs is 1. The molecule has 64 valence electrons. The Bertz CT molecular complexity index is 288. The summed E-state index contributed by atoms with van der Waals surface area (Å²) in [4.78, 5) is 8.00. The van der Waals surface area contributed by atoms with Crippen LogP contribution in [0.3, 0.4) is 0 Å². The first-order chi connectivity index (χ1) is 5.77. The highest BCUT2D eigenvalue weighted by Crippen LogP contribution is 2.12. The lowest BCUT2D eigenvalue weighted by molar-refractivity contribution is 0.646. The maximum Gasteiger partial charge on any atom is 0.197 e. The van der Waals surface area contributed by atoms with E-state index in [0.29, 0.717) is 18.3 Å². The SMILES string of the molecule is NC1=NC(N)=C2CNC=NC2N1. The normalized spacial score (nSPS) is 27.0. The summed E-state index contributed by atoms with van der Waals surface area (Å²) in [6, 6.07) is 0. The molecule has 0 aromatic carbocycles. The molecule has 6 nitrogen and oxygen atoms in total. The summed E-state index contributed by atoms with van der Waals surface area (Å²) >= 11 is 0. The number of rotatable bonds is 0. The molecule has 0 saturated heterocycles. The van der Waals surface area contributed by atoms with Gasteiger partial charge in [0.25, 0.3) is 0 Å². The second kappa shape index (κ2) is 2.40. The van der Waals surface area contributed by atoms with Crippen molar-refractivity contribution in [1.82, 2.24) is 10.6 Å².